The van der Waals surface area contributed by atoms with Crippen LogP contribution in [0.3, 0.4) is 0 Å². The molecule has 0 amide bonds. The van der Waals surface area contributed by atoms with Crippen molar-refractivity contribution in [3.8, 4) is 0 Å². The van der Waals surface area contributed by atoms with Crippen LogP contribution in [0.4, 0.5) is 11.5 Å². The molecule has 0 aliphatic rings. The number of azo groups is 1. The summed E-state index contributed by atoms with van der Waals surface area (Å²) in [6.07, 6.45) is 1.62. The lowest BCUT2D eigenvalue weighted by molar-refractivity contribution is 0.0692. The minimum atomic E-state index is -1.22. The highest BCUT2D eigenvalue weighted by Crippen LogP contribution is 2.28. The lowest BCUT2D eigenvalue weighted by atomic mass is 10.2. The van der Waals surface area contributed by atoms with Crippen molar-refractivity contribution in [2.75, 3.05) is 0 Å². The Labute approximate surface area is 141 Å². The smallest absolute Gasteiger partial charge is 0.358 e. The summed E-state index contributed by atoms with van der Waals surface area (Å²) in [5.74, 6) is -1.13. The fourth-order valence-electron chi connectivity index (χ4n) is 2.31. The topological polar surface area (TPSA) is 99.5 Å². The van der Waals surface area contributed by atoms with E-state index in [0.717, 1.165) is 5.56 Å². The Bertz CT molecular complexity index is 965. The van der Waals surface area contributed by atoms with E-state index in [4.69, 9.17) is 11.6 Å². The lowest BCUT2D eigenvalue weighted by Gasteiger charge is -2.01. The van der Waals surface area contributed by atoms with E-state index in [1.807, 2.05) is 6.92 Å². The van der Waals surface area contributed by atoms with Crippen molar-refractivity contribution in [1.82, 2.24) is 9.38 Å². The Morgan fingerprint density at radius 3 is 2.79 bits per heavy atom. The van der Waals surface area contributed by atoms with Crippen LogP contribution in [0.1, 0.15) is 21.6 Å². The van der Waals surface area contributed by atoms with Crippen molar-refractivity contribution < 1.29 is 15.0 Å². The Balaban J connectivity index is 2.15. The number of fused-ring (bicyclic) bond motifs is 1. The van der Waals surface area contributed by atoms with Gasteiger partial charge in [-0.3, -0.25) is 4.40 Å². The molecule has 0 unspecified atom stereocenters. The highest BCUT2D eigenvalue weighted by atomic mass is 35.5. The Hall–Kier alpha value is -2.77. The first-order valence-electron chi connectivity index (χ1n) is 7.03. The third-order valence-electron chi connectivity index (χ3n) is 3.49. The van der Waals surface area contributed by atoms with Crippen molar-refractivity contribution in [3.63, 3.8) is 0 Å². The van der Waals surface area contributed by atoms with E-state index >= 15 is 0 Å². The largest absolute Gasteiger partial charge is 0.476 e. The molecule has 0 radical (unpaired) electrons. The van der Waals surface area contributed by atoms with Crippen LogP contribution in [0, 0.1) is 6.92 Å². The Morgan fingerprint density at radius 1 is 1.33 bits per heavy atom. The molecule has 2 N–H and O–H groups in total. The fourth-order valence-corrected chi connectivity index (χ4v) is 2.53. The number of carboxylic acids is 1. The van der Waals surface area contributed by atoms with Crippen LogP contribution in [0.25, 0.3) is 5.65 Å². The molecule has 0 bridgehead atoms. The van der Waals surface area contributed by atoms with Gasteiger partial charge in [0.25, 0.3) is 0 Å². The summed E-state index contributed by atoms with van der Waals surface area (Å²) in [7, 11) is 0. The minimum absolute atomic E-state index is 0.0853. The molecule has 0 aliphatic heterocycles. The van der Waals surface area contributed by atoms with Gasteiger partial charge in [-0.05, 0) is 36.8 Å². The summed E-state index contributed by atoms with van der Waals surface area (Å²) in [5.41, 5.74) is 1.99. The van der Waals surface area contributed by atoms with Crippen molar-refractivity contribution in [3.05, 3.63) is 58.4 Å². The molecule has 3 aromatic rings. The van der Waals surface area contributed by atoms with Crippen LogP contribution in [-0.2, 0) is 6.61 Å². The van der Waals surface area contributed by atoms with E-state index in [-0.39, 0.29) is 18.1 Å². The number of carboxylic acid groups (broad SMARTS) is 1. The molecule has 7 nitrogen and oxygen atoms in total. The zero-order valence-corrected chi connectivity index (χ0v) is 13.4. The zero-order chi connectivity index (χ0) is 17.3. The number of pyridine rings is 1. The second-order valence-corrected chi connectivity index (χ2v) is 5.54. The second-order valence-electron chi connectivity index (χ2n) is 5.11. The van der Waals surface area contributed by atoms with Gasteiger partial charge in [-0.2, -0.15) is 0 Å². The number of benzene rings is 1. The monoisotopic (exact) mass is 344 g/mol. The number of aromatic carboxylic acids is 1. The van der Waals surface area contributed by atoms with E-state index in [1.54, 1.807) is 36.5 Å². The molecule has 0 spiro atoms. The maximum Gasteiger partial charge on any atom is 0.358 e. The molecule has 2 aromatic heterocycles. The molecule has 0 fully saturated rings. The van der Waals surface area contributed by atoms with Gasteiger partial charge in [0.15, 0.2) is 11.5 Å². The average Bonchev–Trinajstić information content (AvgIpc) is 2.93. The summed E-state index contributed by atoms with van der Waals surface area (Å²) >= 11 is 5.91. The second kappa shape index (κ2) is 6.38. The van der Waals surface area contributed by atoms with Gasteiger partial charge in [0.05, 0.1) is 12.3 Å². The van der Waals surface area contributed by atoms with Crippen LogP contribution >= 0.6 is 11.6 Å². The molecule has 0 aliphatic carbocycles. The van der Waals surface area contributed by atoms with Gasteiger partial charge in [0, 0.05) is 16.8 Å². The molecule has 122 valence electrons. The van der Waals surface area contributed by atoms with Gasteiger partial charge in [-0.1, -0.05) is 17.7 Å². The lowest BCUT2D eigenvalue weighted by Crippen LogP contribution is -1.96. The zero-order valence-electron chi connectivity index (χ0n) is 12.6. The van der Waals surface area contributed by atoms with Crippen molar-refractivity contribution >= 4 is 34.7 Å². The standard InChI is InChI=1S/C16H13ClN4O3/c1-9-7-11(17)4-5-12(9)19-20-15-13(16(23)24)18-14-10(8-22)3-2-6-21(14)15/h2-7,22H,8H2,1H3,(H,23,24). The number of imidazole rings is 1. The van der Waals surface area contributed by atoms with Gasteiger partial charge in [0.2, 0.25) is 0 Å². The molecule has 0 saturated carbocycles. The Morgan fingerprint density at radius 2 is 2.12 bits per heavy atom. The molecule has 8 heteroatoms. The van der Waals surface area contributed by atoms with Gasteiger partial charge >= 0.3 is 5.97 Å². The maximum absolute atomic E-state index is 11.5. The SMILES string of the molecule is Cc1cc(Cl)ccc1N=Nc1c(C(=O)O)nc2c(CO)cccn12. The third-order valence-corrected chi connectivity index (χ3v) is 3.72. The highest BCUT2D eigenvalue weighted by Gasteiger charge is 2.19. The van der Waals surface area contributed by atoms with E-state index < -0.39 is 5.97 Å². The van der Waals surface area contributed by atoms with Crippen molar-refractivity contribution in [2.45, 2.75) is 13.5 Å². The number of halogens is 1. The first-order chi connectivity index (χ1) is 11.5. The van der Waals surface area contributed by atoms with E-state index in [1.165, 1.54) is 4.40 Å². The molecule has 0 saturated heterocycles. The third kappa shape index (κ3) is 2.86. The summed E-state index contributed by atoms with van der Waals surface area (Å²) in [6.45, 7) is 1.57. The number of nitrogens with zero attached hydrogens (tertiary/aromatic N) is 4. The van der Waals surface area contributed by atoms with Crippen LogP contribution in [0.15, 0.2) is 46.8 Å². The van der Waals surface area contributed by atoms with Gasteiger partial charge in [-0.25, -0.2) is 9.78 Å². The average molecular weight is 345 g/mol. The van der Waals surface area contributed by atoms with Crippen LogP contribution in [0.2, 0.25) is 5.02 Å². The minimum Gasteiger partial charge on any atom is -0.476 e. The number of aliphatic hydroxyl groups excluding tert-OH is 1. The van der Waals surface area contributed by atoms with Gasteiger partial charge in [0.1, 0.15) is 5.65 Å². The highest BCUT2D eigenvalue weighted by molar-refractivity contribution is 6.30. The van der Waals surface area contributed by atoms with E-state index in [9.17, 15) is 15.0 Å². The first-order valence-corrected chi connectivity index (χ1v) is 7.41. The number of aryl methyl sites for hydroxylation is 1. The summed E-state index contributed by atoms with van der Waals surface area (Å²) in [5, 5.41) is 27.5. The number of hydrogen-bond acceptors (Lipinski definition) is 5. The fraction of sp³-hybridized carbons (Fsp3) is 0.125. The van der Waals surface area contributed by atoms with E-state index in [2.05, 4.69) is 15.2 Å². The first kappa shape index (κ1) is 16.1. The molecule has 3 rings (SSSR count). The van der Waals surface area contributed by atoms with E-state index in [0.29, 0.717) is 21.9 Å². The maximum atomic E-state index is 11.5. The predicted molar refractivity (Wildman–Crippen MR) is 88.4 cm³/mol. The van der Waals surface area contributed by atoms with Gasteiger partial charge < -0.3 is 10.2 Å². The summed E-state index contributed by atoms with van der Waals surface area (Å²) in [4.78, 5) is 15.5. The molecular formula is C16H13ClN4O3. The van der Waals surface area contributed by atoms with Crippen molar-refractivity contribution in [2.24, 2.45) is 10.2 Å². The molecule has 1 aromatic carbocycles. The van der Waals surface area contributed by atoms with Crippen LogP contribution < -0.4 is 0 Å². The van der Waals surface area contributed by atoms with Crippen LogP contribution in [0.5, 0.6) is 0 Å². The van der Waals surface area contributed by atoms with Crippen molar-refractivity contribution in [1.29, 1.82) is 0 Å². The quantitative estimate of drug-likeness (QED) is 0.701. The summed E-state index contributed by atoms with van der Waals surface area (Å²) in [6, 6.07) is 8.46. The predicted octanol–water partition coefficient (Wildman–Crippen LogP) is 3.90. The normalized spacial score (nSPS) is 11.5. The summed E-state index contributed by atoms with van der Waals surface area (Å²) < 4.78 is 1.49. The number of hydrogen-bond donors (Lipinski definition) is 2. The van der Waals surface area contributed by atoms with Crippen LogP contribution in [-0.4, -0.2) is 25.6 Å². The van der Waals surface area contributed by atoms with Gasteiger partial charge in [-0.15, -0.1) is 10.2 Å². The molecule has 2 heterocycles. The molecule has 0 atom stereocenters. The number of aromatic nitrogens is 2. The number of rotatable bonds is 4. The molecular weight excluding hydrogens is 332 g/mol. The Kier molecular flexibility index (Phi) is 4.28. The number of aliphatic hydroxyl groups is 1. The molecule has 24 heavy (non-hydrogen) atoms. The number of carbonyl (C=O) groups is 1.